The number of benzene rings is 1. The van der Waals surface area contributed by atoms with Crippen LogP contribution in [0.2, 0.25) is 5.02 Å². The molecule has 0 radical (unpaired) electrons. The van der Waals surface area contributed by atoms with Crippen molar-refractivity contribution in [3.8, 4) is 0 Å². The van der Waals surface area contributed by atoms with Gasteiger partial charge < -0.3 is 5.32 Å². The molecule has 8 heteroatoms. The molecule has 0 aliphatic heterocycles. The van der Waals surface area contributed by atoms with Crippen LogP contribution in [-0.4, -0.2) is 27.4 Å². The van der Waals surface area contributed by atoms with E-state index in [1.54, 1.807) is 11.4 Å². The zero-order chi connectivity index (χ0) is 19.6. The van der Waals surface area contributed by atoms with E-state index in [2.05, 4.69) is 12.2 Å². The summed E-state index contributed by atoms with van der Waals surface area (Å²) in [6.45, 7) is 2.23. The molecular weight excluding hydrogens is 404 g/mol. The Bertz CT molecular complexity index is 901. The van der Waals surface area contributed by atoms with Gasteiger partial charge in [0.2, 0.25) is 0 Å². The molecule has 1 amide bonds. The summed E-state index contributed by atoms with van der Waals surface area (Å²) in [5.41, 5.74) is 0.386. The number of amides is 1. The van der Waals surface area contributed by atoms with Crippen molar-refractivity contribution in [1.82, 2.24) is 5.32 Å². The number of sulfonamides is 1. The lowest BCUT2D eigenvalue weighted by atomic mass is 9.87. The number of thiophene rings is 1. The van der Waals surface area contributed by atoms with Gasteiger partial charge in [-0.1, -0.05) is 18.5 Å². The molecular formula is C19H23ClN2O3S2. The molecule has 1 aromatic carbocycles. The number of hydrogen-bond acceptors (Lipinski definition) is 4. The van der Waals surface area contributed by atoms with Gasteiger partial charge in [-0.15, -0.1) is 11.3 Å². The van der Waals surface area contributed by atoms with Crippen LogP contribution >= 0.6 is 22.9 Å². The number of carbonyl (C=O) groups excluding carboxylic acids is 1. The Kier molecular flexibility index (Phi) is 6.13. The summed E-state index contributed by atoms with van der Waals surface area (Å²) < 4.78 is 27.0. The Labute approximate surface area is 169 Å². The number of rotatable bonds is 5. The van der Waals surface area contributed by atoms with E-state index in [1.807, 2.05) is 0 Å². The smallest absolute Gasteiger partial charge is 0.264 e. The summed E-state index contributed by atoms with van der Waals surface area (Å²) in [7, 11) is -2.31. The van der Waals surface area contributed by atoms with Crippen LogP contribution < -0.4 is 9.62 Å². The fraction of sp³-hybridized carbons (Fsp3) is 0.421. The van der Waals surface area contributed by atoms with E-state index in [4.69, 9.17) is 11.6 Å². The van der Waals surface area contributed by atoms with E-state index in [0.29, 0.717) is 21.5 Å². The van der Waals surface area contributed by atoms with Crippen LogP contribution in [0.15, 0.2) is 40.6 Å². The van der Waals surface area contributed by atoms with Gasteiger partial charge in [-0.05, 0) is 67.3 Å². The first-order valence-electron chi connectivity index (χ1n) is 8.92. The molecule has 0 spiro atoms. The zero-order valence-electron chi connectivity index (χ0n) is 15.3. The van der Waals surface area contributed by atoms with Crippen molar-refractivity contribution >= 4 is 44.6 Å². The minimum Gasteiger partial charge on any atom is -0.349 e. The molecule has 1 aliphatic rings. The first kappa shape index (κ1) is 20.2. The van der Waals surface area contributed by atoms with Crippen molar-refractivity contribution in [1.29, 1.82) is 0 Å². The van der Waals surface area contributed by atoms with Gasteiger partial charge in [-0.2, -0.15) is 0 Å². The summed E-state index contributed by atoms with van der Waals surface area (Å²) in [5, 5.41) is 5.27. The second kappa shape index (κ2) is 8.20. The fourth-order valence-electron chi connectivity index (χ4n) is 3.27. The Morgan fingerprint density at radius 2 is 1.78 bits per heavy atom. The van der Waals surface area contributed by atoms with E-state index in [1.165, 1.54) is 42.6 Å². The fourth-order valence-corrected chi connectivity index (χ4v) is 5.49. The topological polar surface area (TPSA) is 66.5 Å². The maximum absolute atomic E-state index is 12.9. The van der Waals surface area contributed by atoms with E-state index in [-0.39, 0.29) is 16.8 Å². The highest BCUT2D eigenvalue weighted by molar-refractivity contribution is 7.92. The van der Waals surface area contributed by atoms with Crippen molar-refractivity contribution in [3.63, 3.8) is 0 Å². The standard InChI is InChI=1S/C19H23ClN2O3S2/c1-13-3-7-15(8-4-13)21-19(23)18-17(11-12-26-18)22(2)27(24,25)16-9-5-14(20)6-10-16/h5-6,9-13,15H,3-4,7-8H2,1-2H3,(H,21,23). The van der Waals surface area contributed by atoms with Crippen molar-refractivity contribution in [2.24, 2.45) is 5.92 Å². The molecule has 0 saturated heterocycles. The zero-order valence-corrected chi connectivity index (χ0v) is 17.7. The lowest BCUT2D eigenvalue weighted by molar-refractivity contribution is 0.0928. The molecule has 146 valence electrons. The monoisotopic (exact) mass is 426 g/mol. The van der Waals surface area contributed by atoms with Crippen LogP contribution in [0.4, 0.5) is 5.69 Å². The number of anilines is 1. The molecule has 1 aromatic heterocycles. The van der Waals surface area contributed by atoms with Gasteiger partial charge in [0.1, 0.15) is 4.88 Å². The van der Waals surface area contributed by atoms with Gasteiger partial charge in [-0.3, -0.25) is 9.10 Å². The van der Waals surface area contributed by atoms with Gasteiger partial charge >= 0.3 is 0 Å². The maximum atomic E-state index is 12.9. The first-order valence-corrected chi connectivity index (χ1v) is 11.6. The SMILES string of the molecule is CC1CCC(NC(=O)c2sccc2N(C)S(=O)(=O)c2ccc(Cl)cc2)CC1. The van der Waals surface area contributed by atoms with E-state index >= 15 is 0 Å². The van der Waals surface area contributed by atoms with Gasteiger partial charge in [-0.25, -0.2) is 8.42 Å². The van der Waals surface area contributed by atoms with Crippen LogP contribution in [0.1, 0.15) is 42.3 Å². The molecule has 3 rings (SSSR count). The number of hydrogen-bond donors (Lipinski definition) is 1. The predicted molar refractivity (Wildman–Crippen MR) is 110 cm³/mol. The van der Waals surface area contributed by atoms with Crippen LogP contribution in [0.25, 0.3) is 0 Å². The summed E-state index contributed by atoms with van der Waals surface area (Å²) in [6, 6.07) is 7.81. The summed E-state index contributed by atoms with van der Waals surface area (Å²) in [4.78, 5) is 13.3. The first-order chi connectivity index (χ1) is 12.8. The second-order valence-electron chi connectivity index (χ2n) is 6.99. The molecule has 1 fully saturated rings. The lowest BCUT2D eigenvalue weighted by Crippen LogP contribution is -2.38. The van der Waals surface area contributed by atoms with Crippen LogP contribution in [-0.2, 0) is 10.0 Å². The van der Waals surface area contributed by atoms with E-state index in [9.17, 15) is 13.2 Å². The van der Waals surface area contributed by atoms with Gasteiger partial charge in [0.05, 0.1) is 10.6 Å². The molecule has 2 aromatic rings. The third kappa shape index (κ3) is 4.47. The Morgan fingerprint density at radius 1 is 1.15 bits per heavy atom. The highest BCUT2D eigenvalue weighted by atomic mass is 35.5. The largest absolute Gasteiger partial charge is 0.349 e. The molecule has 5 nitrogen and oxygen atoms in total. The summed E-state index contributed by atoms with van der Waals surface area (Å²) in [6.07, 6.45) is 4.14. The van der Waals surface area contributed by atoms with Crippen molar-refractivity contribution in [2.45, 2.75) is 43.5 Å². The minimum absolute atomic E-state index is 0.133. The molecule has 1 heterocycles. The summed E-state index contributed by atoms with van der Waals surface area (Å²) >= 11 is 7.10. The normalized spacial score (nSPS) is 20.3. The highest BCUT2D eigenvalue weighted by Crippen LogP contribution is 2.31. The third-order valence-electron chi connectivity index (χ3n) is 5.01. The Morgan fingerprint density at radius 3 is 2.41 bits per heavy atom. The molecule has 0 unspecified atom stereocenters. The lowest BCUT2D eigenvalue weighted by Gasteiger charge is -2.27. The molecule has 1 saturated carbocycles. The van der Waals surface area contributed by atoms with Gasteiger partial charge in [0.25, 0.3) is 15.9 Å². The molecule has 0 atom stereocenters. The maximum Gasteiger partial charge on any atom is 0.264 e. The van der Waals surface area contributed by atoms with Gasteiger partial charge in [0.15, 0.2) is 0 Å². The molecule has 27 heavy (non-hydrogen) atoms. The van der Waals surface area contributed by atoms with Crippen molar-refractivity contribution < 1.29 is 13.2 Å². The van der Waals surface area contributed by atoms with Crippen molar-refractivity contribution in [3.05, 3.63) is 45.6 Å². The molecule has 0 bridgehead atoms. The number of carbonyl (C=O) groups is 1. The molecule has 1 N–H and O–H groups in total. The third-order valence-corrected chi connectivity index (χ3v) is 7.95. The second-order valence-corrected chi connectivity index (χ2v) is 10.3. The Balaban J connectivity index is 1.79. The average molecular weight is 427 g/mol. The number of nitrogens with zero attached hydrogens (tertiary/aromatic N) is 1. The van der Waals surface area contributed by atoms with Gasteiger partial charge in [0, 0.05) is 18.1 Å². The number of halogens is 1. The van der Waals surface area contributed by atoms with Crippen LogP contribution in [0.5, 0.6) is 0 Å². The highest BCUT2D eigenvalue weighted by Gasteiger charge is 2.27. The Hall–Kier alpha value is -1.57. The summed E-state index contributed by atoms with van der Waals surface area (Å²) in [5.74, 6) is 0.490. The minimum atomic E-state index is -3.77. The predicted octanol–water partition coefficient (Wildman–Crippen LogP) is 4.54. The van der Waals surface area contributed by atoms with Crippen molar-refractivity contribution in [2.75, 3.05) is 11.4 Å². The van der Waals surface area contributed by atoms with E-state index < -0.39 is 10.0 Å². The van der Waals surface area contributed by atoms with Crippen LogP contribution in [0, 0.1) is 5.92 Å². The number of nitrogens with one attached hydrogen (secondary N) is 1. The quantitative estimate of drug-likeness (QED) is 0.763. The average Bonchev–Trinajstić information content (AvgIpc) is 3.13. The van der Waals surface area contributed by atoms with E-state index in [0.717, 1.165) is 30.0 Å². The molecule has 1 aliphatic carbocycles. The van der Waals surface area contributed by atoms with Crippen LogP contribution in [0.3, 0.4) is 0 Å².